The van der Waals surface area contributed by atoms with Crippen molar-refractivity contribution in [2.24, 2.45) is 0 Å². The first-order valence-electron chi connectivity index (χ1n) is 6.74. The highest BCUT2D eigenvalue weighted by molar-refractivity contribution is 6.34. The zero-order valence-electron chi connectivity index (χ0n) is 11.5. The van der Waals surface area contributed by atoms with Crippen LogP contribution < -0.4 is 9.64 Å². The Morgan fingerprint density at radius 1 is 1.14 bits per heavy atom. The second-order valence-corrected chi connectivity index (χ2v) is 5.74. The van der Waals surface area contributed by atoms with Crippen molar-refractivity contribution in [3.05, 3.63) is 58.6 Å². The van der Waals surface area contributed by atoms with Gasteiger partial charge in [0.2, 0.25) is 0 Å². The first kappa shape index (κ1) is 15.0. The molecule has 1 aliphatic rings. The van der Waals surface area contributed by atoms with Crippen LogP contribution in [-0.2, 0) is 4.74 Å². The number of hydrogen-bond donors (Lipinski definition) is 0. The second kappa shape index (κ2) is 6.46. The van der Waals surface area contributed by atoms with Crippen molar-refractivity contribution in [3.8, 4) is 5.75 Å². The summed E-state index contributed by atoms with van der Waals surface area (Å²) in [6, 6.07) is 14.3. The van der Waals surface area contributed by atoms with Crippen LogP contribution in [0.4, 0.5) is 10.5 Å². The third-order valence-corrected chi connectivity index (χ3v) is 3.65. The minimum Gasteiger partial charge on any atom is -0.490 e. The average Bonchev–Trinajstić information content (AvgIpc) is 2.86. The summed E-state index contributed by atoms with van der Waals surface area (Å²) in [6.07, 6.45) is -0.714. The standard InChI is InChI=1S/C16H13Cl2NO3/c17-11-6-12(18)8-14(7-11)21-10-15-9-19(16(20)22-15)13-4-2-1-3-5-13/h1-8,15H,9-10H2. The molecule has 4 nitrogen and oxygen atoms in total. The highest BCUT2D eigenvalue weighted by Crippen LogP contribution is 2.25. The minimum absolute atomic E-state index is 0.242. The number of benzene rings is 2. The summed E-state index contributed by atoms with van der Waals surface area (Å²) in [4.78, 5) is 13.5. The highest BCUT2D eigenvalue weighted by Gasteiger charge is 2.32. The number of halogens is 2. The molecule has 6 heteroatoms. The zero-order chi connectivity index (χ0) is 15.5. The lowest BCUT2D eigenvalue weighted by atomic mass is 10.3. The number of rotatable bonds is 4. The van der Waals surface area contributed by atoms with Crippen molar-refractivity contribution in [3.63, 3.8) is 0 Å². The molecule has 0 bridgehead atoms. The average molecular weight is 338 g/mol. The van der Waals surface area contributed by atoms with Crippen LogP contribution in [0.3, 0.4) is 0 Å². The van der Waals surface area contributed by atoms with E-state index in [1.165, 1.54) is 0 Å². The zero-order valence-corrected chi connectivity index (χ0v) is 13.1. The SMILES string of the molecule is O=C1OC(COc2cc(Cl)cc(Cl)c2)CN1c1ccccc1. The van der Waals surface area contributed by atoms with E-state index in [0.29, 0.717) is 22.3 Å². The van der Waals surface area contributed by atoms with E-state index in [9.17, 15) is 4.79 Å². The number of carbonyl (C=O) groups excluding carboxylic acids is 1. The van der Waals surface area contributed by atoms with Crippen LogP contribution in [-0.4, -0.2) is 25.3 Å². The van der Waals surface area contributed by atoms with Crippen molar-refractivity contribution in [1.82, 2.24) is 0 Å². The fourth-order valence-electron chi connectivity index (χ4n) is 2.23. The monoisotopic (exact) mass is 337 g/mol. The topological polar surface area (TPSA) is 38.8 Å². The van der Waals surface area contributed by atoms with E-state index in [0.717, 1.165) is 5.69 Å². The molecule has 1 amide bonds. The molecule has 0 spiro atoms. The number of amides is 1. The molecule has 0 saturated carbocycles. The Balaban J connectivity index is 1.62. The van der Waals surface area contributed by atoms with Gasteiger partial charge in [0.05, 0.1) is 6.54 Å². The largest absolute Gasteiger partial charge is 0.490 e. The molecule has 0 radical (unpaired) electrons. The second-order valence-electron chi connectivity index (χ2n) is 4.87. The third kappa shape index (κ3) is 3.46. The molecule has 0 aliphatic carbocycles. The summed E-state index contributed by atoms with van der Waals surface area (Å²) < 4.78 is 10.9. The third-order valence-electron chi connectivity index (χ3n) is 3.21. The summed E-state index contributed by atoms with van der Waals surface area (Å²) in [6.45, 7) is 0.683. The van der Waals surface area contributed by atoms with Crippen LogP contribution in [0, 0.1) is 0 Å². The van der Waals surface area contributed by atoms with E-state index < -0.39 is 0 Å². The van der Waals surface area contributed by atoms with E-state index in [4.69, 9.17) is 32.7 Å². The van der Waals surface area contributed by atoms with Gasteiger partial charge in [-0.2, -0.15) is 0 Å². The number of nitrogens with zero attached hydrogens (tertiary/aromatic N) is 1. The maximum absolute atomic E-state index is 11.9. The van der Waals surface area contributed by atoms with Crippen molar-refractivity contribution in [2.75, 3.05) is 18.1 Å². The van der Waals surface area contributed by atoms with Gasteiger partial charge in [-0.1, -0.05) is 41.4 Å². The number of hydrogen-bond acceptors (Lipinski definition) is 3. The minimum atomic E-state index is -0.371. The maximum atomic E-state index is 11.9. The van der Waals surface area contributed by atoms with Crippen molar-refractivity contribution in [2.45, 2.75) is 6.10 Å². The highest BCUT2D eigenvalue weighted by atomic mass is 35.5. The maximum Gasteiger partial charge on any atom is 0.414 e. The molecular weight excluding hydrogens is 325 g/mol. The van der Waals surface area contributed by atoms with Crippen LogP contribution in [0.2, 0.25) is 10.0 Å². The molecule has 1 heterocycles. The molecule has 114 valence electrons. The summed E-state index contributed by atoms with van der Waals surface area (Å²) in [5.74, 6) is 0.548. The molecule has 1 saturated heterocycles. The van der Waals surface area contributed by atoms with Crippen LogP contribution in [0.15, 0.2) is 48.5 Å². The van der Waals surface area contributed by atoms with Crippen molar-refractivity contribution < 1.29 is 14.3 Å². The number of carbonyl (C=O) groups is 1. The van der Waals surface area contributed by atoms with E-state index >= 15 is 0 Å². The summed E-state index contributed by atoms with van der Waals surface area (Å²) in [7, 11) is 0. The molecule has 0 aromatic heterocycles. The fourth-order valence-corrected chi connectivity index (χ4v) is 2.73. The Morgan fingerprint density at radius 3 is 2.50 bits per heavy atom. The van der Waals surface area contributed by atoms with Crippen molar-refractivity contribution in [1.29, 1.82) is 0 Å². The number of anilines is 1. The molecule has 1 aliphatic heterocycles. The Hall–Kier alpha value is -1.91. The molecule has 2 aromatic carbocycles. The van der Waals surface area contributed by atoms with E-state index in [1.54, 1.807) is 23.1 Å². The number of ether oxygens (including phenoxy) is 2. The van der Waals surface area contributed by atoms with Crippen molar-refractivity contribution >= 4 is 35.0 Å². The van der Waals surface area contributed by atoms with Crippen LogP contribution in [0.1, 0.15) is 0 Å². The van der Waals surface area contributed by atoms with E-state index in [2.05, 4.69) is 0 Å². The molecule has 1 atom stereocenters. The Labute approximate surface area is 138 Å². The van der Waals surface area contributed by atoms with Gasteiger partial charge in [-0.15, -0.1) is 0 Å². The predicted molar refractivity (Wildman–Crippen MR) is 86.0 cm³/mol. The fraction of sp³-hybridized carbons (Fsp3) is 0.188. The molecule has 1 unspecified atom stereocenters. The van der Waals surface area contributed by atoms with Gasteiger partial charge in [0, 0.05) is 15.7 Å². The normalized spacial score (nSPS) is 17.5. The van der Waals surface area contributed by atoms with Crippen LogP contribution >= 0.6 is 23.2 Å². The van der Waals surface area contributed by atoms with Gasteiger partial charge >= 0.3 is 6.09 Å². The summed E-state index contributed by atoms with van der Waals surface area (Å²) in [5.41, 5.74) is 0.806. The lowest BCUT2D eigenvalue weighted by molar-refractivity contribution is 0.105. The lowest BCUT2D eigenvalue weighted by Gasteiger charge is -2.13. The van der Waals surface area contributed by atoms with Gasteiger partial charge in [-0.05, 0) is 30.3 Å². The molecule has 2 aromatic rings. The number of cyclic esters (lactones) is 1. The van der Waals surface area contributed by atoms with Gasteiger partial charge in [-0.3, -0.25) is 4.90 Å². The summed E-state index contributed by atoms with van der Waals surface area (Å²) >= 11 is 11.8. The van der Waals surface area contributed by atoms with Crippen LogP contribution in [0.5, 0.6) is 5.75 Å². The van der Waals surface area contributed by atoms with E-state index in [-0.39, 0.29) is 18.8 Å². The molecular formula is C16H13Cl2NO3. The first-order valence-corrected chi connectivity index (χ1v) is 7.49. The van der Waals surface area contributed by atoms with Crippen LogP contribution in [0.25, 0.3) is 0 Å². The molecule has 22 heavy (non-hydrogen) atoms. The smallest absolute Gasteiger partial charge is 0.414 e. The first-order chi connectivity index (χ1) is 10.6. The number of para-hydroxylation sites is 1. The van der Waals surface area contributed by atoms with E-state index in [1.807, 2.05) is 30.3 Å². The Kier molecular flexibility index (Phi) is 4.41. The predicted octanol–water partition coefficient (Wildman–Crippen LogP) is 4.40. The van der Waals surface area contributed by atoms with Gasteiger partial charge in [0.15, 0.2) is 6.10 Å². The molecule has 3 rings (SSSR count). The molecule has 0 N–H and O–H groups in total. The Bertz CT molecular complexity index is 658. The Morgan fingerprint density at radius 2 is 1.82 bits per heavy atom. The lowest BCUT2D eigenvalue weighted by Crippen LogP contribution is -2.26. The summed E-state index contributed by atoms with van der Waals surface area (Å²) in [5, 5.41) is 0.994. The van der Waals surface area contributed by atoms with Gasteiger partial charge < -0.3 is 9.47 Å². The molecule has 1 fully saturated rings. The van der Waals surface area contributed by atoms with Gasteiger partial charge in [0.25, 0.3) is 0 Å². The van der Waals surface area contributed by atoms with Gasteiger partial charge in [-0.25, -0.2) is 4.79 Å². The quantitative estimate of drug-likeness (QED) is 0.830. The van der Waals surface area contributed by atoms with Gasteiger partial charge in [0.1, 0.15) is 12.4 Å².